The second-order valence-electron chi connectivity index (χ2n) is 10.1. The Labute approximate surface area is 227 Å². The zero-order valence-electron chi connectivity index (χ0n) is 22.4. The molecule has 1 fully saturated rings. The highest BCUT2D eigenvalue weighted by molar-refractivity contribution is 7.88. The minimum Gasteiger partial charge on any atom is -0.371 e. The first-order chi connectivity index (χ1) is 18.6. The molecule has 0 saturated carbocycles. The molecule has 1 aliphatic rings. The molecule has 1 aliphatic heterocycles. The standard InChI is InChI=1S/C27H34N8O3S/c1-5-10-28-20-8-11-34(12-9-20)24-7-6-22(25-23(24)17-33(3)32-25)27(36)31-21-13-19(14-29-39(4,37)38)26-30-18(2)15-35(26)16-21/h5-7,13,15-17,20,28-29H,1,8-12,14H2,2-4H3,(H,31,36). The molecule has 5 rings (SSSR count). The summed E-state index contributed by atoms with van der Waals surface area (Å²) in [5, 5.41) is 12.0. The van der Waals surface area contributed by atoms with E-state index in [1.165, 1.54) is 0 Å². The molecule has 12 heteroatoms. The van der Waals surface area contributed by atoms with Gasteiger partial charge < -0.3 is 19.9 Å². The molecule has 1 amide bonds. The molecule has 4 heterocycles. The van der Waals surface area contributed by atoms with Gasteiger partial charge in [-0.2, -0.15) is 5.10 Å². The maximum absolute atomic E-state index is 13.5. The van der Waals surface area contributed by atoms with Crippen LogP contribution in [0.25, 0.3) is 16.6 Å². The fraction of sp³-hybridized carbons (Fsp3) is 0.370. The zero-order valence-corrected chi connectivity index (χ0v) is 23.3. The van der Waals surface area contributed by atoms with Gasteiger partial charge in [0.2, 0.25) is 10.0 Å². The normalized spacial score (nSPS) is 14.8. The second-order valence-corrected chi connectivity index (χ2v) is 11.9. The number of carbonyl (C=O) groups is 1. The molecule has 3 N–H and O–H groups in total. The van der Waals surface area contributed by atoms with Crippen LogP contribution in [0.2, 0.25) is 0 Å². The average molecular weight is 551 g/mol. The number of fused-ring (bicyclic) bond motifs is 2. The van der Waals surface area contributed by atoms with E-state index in [1.807, 2.05) is 44.6 Å². The van der Waals surface area contributed by atoms with Crippen LogP contribution in [0.1, 0.15) is 34.5 Å². The highest BCUT2D eigenvalue weighted by Crippen LogP contribution is 2.31. The number of hydrogen-bond donors (Lipinski definition) is 3. The van der Waals surface area contributed by atoms with Gasteiger partial charge in [-0.25, -0.2) is 18.1 Å². The maximum Gasteiger partial charge on any atom is 0.257 e. The number of benzene rings is 1. The SMILES string of the molecule is C=CCNC1CCN(c2ccc(C(=O)Nc3cc(CNS(C)(=O)=O)c4nc(C)cn4c3)c3nn(C)cc23)CC1. The van der Waals surface area contributed by atoms with Crippen LogP contribution in [-0.4, -0.2) is 65.4 Å². The third-order valence-electron chi connectivity index (χ3n) is 6.93. The number of nitrogens with zero attached hydrogens (tertiary/aromatic N) is 5. The lowest BCUT2D eigenvalue weighted by atomic mass is 10.0. The van der Waals surface area contributed by atoms with Crippen LogP contribution in [0.15, 0.2) is 49.4 Å². The Balaban J connectivity index is 1.41. The van der Waals surface area contributed by atoms with Crippen molar-refractivity contribution in [1.29, 1.82) is 0 Å². The molecule has 1 aromatic carbocycles. The molecular formula is C27H34N8O3S. The van der Waals surface area contributed by atoms with E-state index in [9.17, 15) is 13.2 Å². The number of nitrogens with one attached hydrogen (secondary N) is 3. The highest BCUT2D eigenvalue weighted by Gasteiger charge is 2.23. The monoisotopic (exact) mass is 550 g/mol. The van der Waals surface area contributed by atoms with E-state index in [-0.39, 0.29) is 12.5 Å². The number of anilines is 2. The molecule has 39 heavy (non-hydrogen) atoms. The molecule has 0 spiro atoms. The quantitative estimate of drug-likeness (QED) is 0.274. The lowest BCUT2D eigenvalue weighted by Gasteiger charge is -2.34. The Morgan fingerprint density at radius 3 is 2.69 bits per heavy atom. The molecular weight excluding hydrogens is 516 g/mol. The van der Waals surface area contributed by atoms with Crippen molar-refractivity contribution in [1.82, 2.24) is 29.2 Å². The van der Waals surface area contributed by atoms with E-state index < -0.39 is 10.0 Å². The van der Waals surface area contributed by atoms with E-state index in [2.05, 4.69) is 36.9 Å². The van der Waals surface area contributed by atoms with Gasteiger partial charge in [0.15, 0.2) is 0 Å². The number of sulfonamides is 1. The average Bonchev–Trinajstić information content (AvgIpc) is 3.46. The molecule has 4 aromatic rings. The molecule has 1 saturated heterocycles. The Bertz CT molecular complexity index is 1650. The van der Waals surface area contributed by atoms with E-state index in [0.29, 0.717) is 34.0 Å². The van der Waals surface area contributed by atoms with Crippen LogP contribution >= 0.6 is 0 Å². The third-order valence-corrected chi connectivity index (χ3v) is 7.60. The highest BCUT2D eigenvalue weighted by atomic mass is 32.2. The zero-order chi connectivity index (χ0) is 27.7. The molecule has 0 aliphatic carbocycles. The number of carbonyl (C=O) groups excluding carboxylic acids is 1. The van der Waals surface area contributed by atoms with Gasteiger partial charge in [-0.1, -0.05) is 6.08 Å². The predicted molar refractivity (Wildman–Crippen MR) is 154 cm³/mol. The summed E-state index contributed by atoms with van der Waals surface area (Å²) in [6.45, 7) is 8.34. The van der Waals surface area contributed by atoms with E-state index >= 15 is 0 Å². The fourth-order valence-corrected chi connectivity index (χ4v) is 5.55. The lowest BCUT2D eigenvalue weighted by Crippen LogP contribution is -2.42. The van der Waals surface area contributed by atoms with Crippen LogP contribution in [0.5, 0.6) is 0 Å². The van der Waals surface area contributed by atoms with Gasteiger partial charge in [0.25, 0.3) is 5.91 Å². The number of imidazole rings is 1. The van der Waals surface area contributed by atoms with E-state index in [1.54, 1.807) is 21.3 Å². The molecule has 0 atom stereocenters. The minimum absolute atomic E-state index is 0.0570. The van der Waals surface area contributed by atoms with E-state index in [4.69, 9.17) is 0 Å². The minimum atomic E-state index is -3.40. The summed E-state index contributed by atoms with van der Waals surface area (Å²) in [4.78, 5) is 20.4. The summed E-state index contributed by atoms with van der Waals surface area (Å²) in [7, 11) is -1.55. The molecule has 11 nitrogen and oxygen atoms in total. The molecule has 0 radical (unpaired) electrons. The fourth-order valence-electron chi connectivity index (χ4n) is 5.14. The van der Waals surface area contributed by atoms with Crippen LogP contribution in [-0.2, 0) is 23.6 Å². The summed E-state index contributed by atoms with van der Waals surface area (Å²) in [6, 6.07) is 6.05. The molecule has 0 unspecified atom stereocenters. The lowest BCUT2D eigenvalue weighted by molar-refractivity contribution is 0.102. The van der Waals surface area contributed by atoms with Gasteiger partial charge in [0.1, 0.15) is 11.2 Å². The summed E-state index contributed by atoms with van der Waals surface area (Å²) < 4.78 is 29.4. The number of aromatic nitrogens is 4. The molecule has 0 bridgehead atoms. The first-order valence-corrected chi connectivity index (χ1v) is 14.8. The van der Waals surface area contributed by atoms with Gasteiger partial charge in [-0.15, -0.1) is 6.58 Å². The molecule has 206 valence electrons. The van der Waals surface area contributed by atoms with Gasteiger partial charge in [-0.05, 0) is 38.0 Å². The first kappa shape index (κ1) is 26.9. The number of pyridine rings is 1. The molecule has 3 aromatic heterocycles. The summed E-state index contributed by atoms with van der Waals surface area (Å²) in [5.74, 6) is -0.296. The van der Waals surface area contributed by atoms with Crippen LogP contribution < -0.4 is 20.3 Å². The van der Waals surface area contributed by atoms with Crippen molar-refractivity contribution in [3.05, 3.63) is 66.3 Å². The Morgan fingerprint density at radius 2 is 1.97 bits per heavy atom. The van der Waals surface area contributed by atoms with Crippen LogP contribution in [0.4, 0.5) is 11.4 Å². The third kappa shape index (κ3) is 5.97. The van der Waals surface area contributed by atoms with Crippen LogP contribution in [0.3, 0.4) is 0 Å². The number of aryl methyl sites for hydroxylation is 2. The Hall–Kier alpha value is -3.74. The van der Waals surface area contributed by atoms with Gasteiger partial charge in [-0.3, -0.25) is 9.48 Å². The second kappa shape index (κ2) is 10.8. The number of hydrogen-bond acceptors (Lipinski definition) is 7. The van der Waals surface area contributed by atoms with E-state index in [0.717, 1.165) is 55.5 Å². The van der Waals surface area contributed by atoms with Crippen molar-refractivity contribution < 1.29 is 13.2 Å². The van der Waals surface area contributed by atoms with Gasteiger partial charge in [0.05, 0.1) is 23.2 Å². The van der Waals surface area contributed by atoms with Crippen molar-refractivity contribution in [3.8, 4) is 0 Å². The van der Waals surface area contributed by atoms with Crippen molar-refractivity contribution >= 4 is 43.9 Å². The summed E-state index contributed by atoms with van der Waals surface area (Å²) >= 11 is 0. The smallest absolute Gasteiger partial charge is 0.257 e. The number of piperidine rings is 1. The van der Waals surface area contributed by atoms with Gasteiger partial charge in [0, 0.05) is 74.5 Å². The summed E-state index contributed by atoms with van der Waals surface area (Å²) in [5.41, 5.74) is 4.76. The van der Waals surface area contributed by atoms with Crippen LogP contribution in [0, 0.1) is 6.92 Å². The van der Waals surface area contributed by atoms with Crippen molar-refractivity contribution in [2.75, 3.05) is 36.1 Å². The number of rotatable bonds is 9. The Morgan fingerprint density at radius 1 is 1.21 bits per heavy atom. The predicted octanol–water partition coefficient (Wildman–Crippen LogP) is 2.58. The largest absolute Gasteiger partial charge is 0.371 e. The summed E-state index contributed by atoms with van der Waals surface area (Å²) in [6.07, 6.45) is 10.6. The van der Waals surface area contributed by atoms with Gasteiger partial charge >= 0.3 is 0 Å². The topological polar surface area (TPSA) is 126 Å². The van der Waals surface area contributed by atoms with Crippen molar-refractivity contribution in [2.45, 2.75) is 32.4 Å². The van der Waals surface area contributed by atoms with Crippen molar-refractivity contribution in [2.24, 2.45) is 7.05 Å². The number of amides is 1. The van der Waals surface area contributed by atoms with Crippen molar-refractivity contribution in [3.63, 3.8) is 0 Å². The maximum atomic E-state index is 13.5. The Kier molecular flexibility index (Phi) is 7.43. The first-order valence-electron chi connectivity index (χ1n) is 12.9.